The fourth-order valence-electron chi connectivity index (χ4n) is 2.99. The van der Waals surface area contributed by atoms with E-state index in [1.165, 1.54) is 0 Å². The maximum Gasteiger partial charge on any atom is 0.240 e. The third-order valence-electron chi connectivity index (χ3n) is 4.38. The van der Waals surface area contributed by atoms with Crippen molar-refractivity contribution in [3.63, 3.8) is 0 Å². The van der Waals surface area contributed by atoms with E-state index in [1.807, 2.05) is 55.6 Å². The summed E-state index contributed by atoms with van der Waals surface area (Å²) in [7, 11) is -1.80. The van der Waals surface area contributed by atoms with Gasteiger partial charge in [0, 0.05) is 25.0 Å². The number of rotatable bonds is 5. The molecule has 27 heavy (non-hydrogen) atoms. The SMILES string of the molecule is Cn1nc(CNS(=O)(=O)c2ccc3ccccc3c2)cc1-c1ccncc1. The Kier molecular flexibility index (Phi) is 4.47. The summed E-state index contributed by atoms with van der Waals surface area (Å²) in [6.45, 7) is 0.119. The number of hydrogen-bond acceptors (Lipinski definition) is 4. The van der Waals surface area contributed by atoms with Crippen LogP contribution in [0.1, 0.15) is 5.69 Å². The Hall–Kier alpha value is -3.03. The van der Waals surface area contributed by atoms with Crippen molar-refractivity contribution in [1.29, 1.82) is 0 Å². The van der Waals surface area contributed by atoms with E-state index in [-0.39, 0.29) is 11.4 Å². The van der Waals surface area contributed by atoms with Crippen molar-refractivity contribution in [2.24, 2.45) is 7.05 Å². The summed E-state index contributed by atoms with van der Waals surface area (Å²) in [6.07, 6.45) is 3.43. The van der Waals surface area contributed by atoms with Gasteiger partial charge in [0.05, 0.1) is 22.8 Å². The van der Waals surface area contributed by atoms with Crippen LogP contribution in [0.2, 0.25) is 0 Å². The topological polar surface area (TPSA) is 76.9 Å². The summed E-state index contributed by atoms with van der Waals surface area (Å²) in [5.74, 6) is 0. The van der Waals surface area contributed by atoms with Gasteiger partial charge in [-0.25, -0.2) is 13.1 Å². The molecule has 0 amide bonds. The van der Waals surface area contributed by atoms with Gasteiger partial charge in [0.1, 0.15) is 0 Å². The molecule has 6 nitrogen and oxygen atoms in total. The molecule has 2 aromatic heterocycles. The molecule has 0 radical (unpaired) electrons. The Morgan fingerprint density at radius 1 is 0.963 bits per heavy atom. The minimum atomic E-state index is -3.63. The molecule has 0 saturated carbocycles. The van der Waals surface area contributed by atoms with Crippen LogP contribution in [-0.2, 0) is 23.6 Å². The minimum absolute atomic E-state index is 0.119. The van der Waals surface area contributed by atoms with Gasteiger partial charge >= 0.3 is 0 Å². The highest BCUT2D eigenvalue weighted by Gasteiger charge is 2.16. The first-order valence-corrected chi connectivity index (χ1v) is 9.93. The molecule has 2 heterocycles. The van der Waals surface area contributed by atoms with Gasteiger partial charge in [-0.05, 0) is 41.1 Å². The number of aromatic nitrogens is 3. The summed E-state index contributed by atoms with van der Waals surface area (Å²) in [5, 5.41) is 6.29. The number of pyridine rings is 1. The Balaban J connectivity index is 1.55. The average molecular weight is 378 g/mol. The lowest BCUT2D eigenvalue weighted by Gasteiger charge is -2.06. The third-order valence-corrected chi connectivity index (χ3v) is 5.78. The standard InChI is InChI=1S/C20H18N4O2S/c1-24-20(16-8-10-21-11-9-16)13-18(23-24)14-22-27(25,26)19-7-6-15-4-2-3-5-17(15)12-19/h2-13,22H,14H2,1H3. The van der Waals surface area contributed by atoms with E-state index in [0.717, 1.165) is 22.0 Å². The molecule has 4 rings (SSSR count). The molecule has 0 unspecified atom stereocenters. The Morgan fingerprint density at radius 3 is 2.48 bits per heavy atom. The number of nitrogens with one attached hydrogen (secondary N) is 1. The number of hydrogen-bond donors (Lipinski definition) is 1. The zero-order valence-electron chi connectivity index (χ0n) is 14.7. The lowest BCUT2D eigenvalue weighted by Crippen LogP contribution is -2.23. The molecule has 0 spiro atoms. The summed E-state index contributed by atoms with van der Waals surface area (Å²) in [6, 6.07) is 18.4. The molecule has 4 aromatic rings. The maximum absolute atomic E-state index is 12.7. The van der Waals surface area contributed by atoms with Crippen LogP contribution < -0.4 is 4.72 Å². The van der Waals surface area contributed by atoms with Gasteiger partial charge in [-0.1, -0.05) is 30.3 Å². The smallest absolute Gasteiger partial charge is 0.240 e. The van der Waals surface area contributed by atoms with Crippen molar-refractivity contribution in [3.05, 3.63) is 78.8 Å². The summed E-state index contributed by atoms with van der Waals surface area (Å²) in [4.78, 5) is 4.25. The molecular formula is C20H18N4O2S. The van der Waals surface area contributed by atoms with Gasteiger partial charge in [0.15, 0.2) is 0 Å². The van der Waals surface area contributed by atoms with Gasteiger partial charge in [-0.3, -0.25) is 9.67 Å². The second-order valence-corrected chi connectivity index (χ2v) is 7.98. The second kappa shape index (κ2) is 6.94. The number of aryl methyl sites for hydroxylation is 1. The monoisotopic (exact) mass is 378 g/mol. The van der Waals surface area contributed by atoms with Gasteiger partial charge < -0.3 is 0 Å². The van der Waals surface area contributed by atoms with E-state index in [2.05, 4.69) is 14.8 Å². The lowest BCUT2D eigenvalue weighted by molar-refractivity contribution is 0.579. The van der Waals surface area contributed by atoms with E-state index in [0.29, 0.717) is 5.69 Å². The molecule has 0 saturated heterocycles. The van der Waals surface area contributed by atoms with Gasteiger partial charge in [0.25, 0.3) is 0 Å². The Bertz CT molecular complexity index is 1200. The predicted molar refractivity (Wildman–Crippen MR) is 104 cm³/mol. The zero-order chi connectivity index (χ0) is 18.9. The number of nitrogens with zero attached hydrogens (tertiary/aromatic N) is 3. The molecule has 0 fully saturated rings. The zero-order valence-corrected chi connectivity index (χ0v) is 15.5. The third kappa shape index (κ3) is 3.60. The Morgan fingerprint density at radius 2 is 1.70 bits per heavy atom. The van der Waals surface area contributed by atoms with E-state index < -0.39 is 10.0 Å². The summed E-state index contributed by atoms with van der Waals surface area (Å²) in [5.41, 5.74) is 2.52. The van der Waals surface area contributed by atoms with Crippen LogP contribution in [0.25, 0.3) is 22.0 Å². The highest BCUT2D eigenvalue weighted by molar-refractivity contribution is 7.89. The molecule has 0 atom stereocenters. The van der Waals surface area contributed by atoms with Crippen LogP contribution in [0.15, 0.2) is 78.0 Å². The van der Waals surface area contributed by atoms with Crippen LogP contribution in [0, 0.1) is 0 Å². The molecule has 0 aliphatic heterocycles. The average Bonchev–Trinajstić information content (AvgIpc) is 3.07. The largest absolute Gasteiger partial charge is 0.268 e. The molecule has 2 aromatic carbocycles. The van der Waals surface area contributed by atoms with Crippen molar-refractivity contribution in [1.82, 2.24) is 19.5 Å². The molecule has 0 aliphatic carbocycles. The first-order valence-electron chi connectivity index (χ1n) is 8.45. The molecule has 0 aliphatic rings. The minimum Gasteiger partial charge on any atom is -0.268 e. The van der Waals surface area contributed by atoms with Gasteiger partial charge in [0.2, 0.25) is 10.0 Å². The highest BCUT2D eigenvalue weighted by Crippen LogP contribution is 2.21. The second-order valence-electron chi connectivity index (χ2n) is 6.21. The number of benzene rings is 2. The van der Waals surface area contributed by atoms with Crippen molar-refractivity contribution < 1.29 is 8.42 Å². The molecule has 0 bridgehead atoms. The van der Waals surface area contributed by atoms with E-state index in [1.54, 1.807) is 29.2 Å². The Labute approximate surface area is 157 Å². The van der Waals surface area contributed by atoms with Crippen molar-refractivity contribution >= 4 is 20.8 Å². The van der Waals surface area contributed by atoms with Crippen LogP contribution >= 0.6 is 0 Å². The normalized spacial score (nSPS) is 11.7. The number of sulfonamides is 1. The highest BCUT2D eigenvalue weighted by atomic mass is 32.2. The molecular weight excluding hydrogens is 360 g/mol. The fourth-order valence-corrected chi connectivity index (χ4v) is 4.03. The van der Waals surface area contributed by atoms with Gasteiger partial charge in [-0.15, -0.1) is 0 Å². The quantitative estimate of drug-likeness (QED) is 0.579. The lowest BCUT2D eigenvalue weighted by atomic mass is 10.1. The first kappa shape index (κ1) is 17.4. The predicted octanol–water partition coefficient (Wildman–Crippen LogP) is 3.11. The van der Waals surface area contributed by atoms with Crippen molar-refractivity contribution in [3.8, 4) is 11.3 Å². The van der Waals surface area contributed by atoms with Crippen LogP contribution in [0.3, 0.4) is 0 Å². The van der Waals surface area contributed by atoms with Crippen molar-refractivity contribution in [2.45, 2.75) is 11.4 Å². The van der Waals surface area contributed by atoms with E-state index in [9.17, 15) is 8.42 Å². The number of fused-ring (bicyclic) bond motifs is 1. The summed E-state index contributed by atoms with van der Waals surface area (Å²) >= 11 is 0. The fraction of sp³-hybridized carbons (Fsp3) is 0.100. The van der Waals surface area contributed by atoms with Crippen LogP contribution in [0.4, 0.5) is 0 Å². The maximum atomic E-state index is 12.7. The molecule has 1 N–H and O–H groups in total. The summed E-state index contributed by atoms with van der Waals surface area (Å²) < 4.78 is 29.7. The van der Waals surface area contributed by atoms with Crippen LogP contribution in [-0.4, -0.2) is 23.2 Å². The van der Waals surface area contributed by atoms with Gasteiger partial charge in [-0.2, -0.15) is 5.10 Å². The van der Waals surface area contributed by atoms with E-state index >= 15 is 0 Å². The molecule has 7 heteroatoms. The van der Waals surface area contributed by atoms with E-state index in [4.69, 9.17) is 0 Å². The van der Waals surface area contributed by atoms with Crippen molar-refractivity contribution in [2.75, 3.05) is 0 Å². The van der Waals surface area contributed by atoms with Crippen LogP contribution in [0.5, 0.6) is 0 Å². The molecule has 136 valence electrons. The first-order chi connectivity index (χ1) is 13.0.